The Labute approximate surface area is 106 Å². The molecule has 0 aliphatic heterocycles. The van der Waals surface area contributed by atoms with Crippen LogP contribution in [0.2, 0.25) is 5.02 Å². The van der Waals surface area contributed by atoms with Crippen LogP contribution in [0.5, 0.6) is 5.75 Å². The van der Waals surface area contributed by atoms with E-state index in [0.29, 0.717) is 28.9 Å². The van der Waals surface area contributed by atoms with Crippen molar-refractivity contribution in [2.45, 2.75) is 13.8 Å². The van der Waals surface area contributed by atoms with E-state index in [-0.39, 0.29) is 0 Å². The first-order valence-electron chi connectivity index (χ1n) is 5.33. The van der Waals surface area contributed by atoms with Gasteiger partial charge in [0, 0.05) is 11.6 Å². The van der Waals surface area contributed by atoms with Gasteiger partial charge in [0.1, 0.15) is 5.75 Å². The van der Waals surface area contributed by atoms with Crippen molar-refractivity contribution in [1.82, 2.24) is 0 Å². The van der Waals surface area contributed by atoms with Crippen LogP contribution in [-0.2, 0) is 4.79 Å². The first-order chi connectivity index (χ1) is 8.00. The molecule has 92 valence electrons. The summed E-state index contributed by atoms with van der Waals surface area (Å²) >= 11 is 6.02. The first-order valence-corrected chi connectivity index (χ1v) is 5.71. The Hall–Kier alpha value is -1.48. The minimum atomic E-state index is -1.00. The maximum Gasteiger partial charge on any atom is 0.328 e. The van der Waals surface area contributed by atoms with Crippen LogP contribution < -0.4 is 4.74 Å². The fourth-order valence-corrected chi connectivity index (χ4v) is 1.46. The zero-order valence-electron chi connectivity index (χ0n) is 9.81. The maximum absolute atomic E-state index is 10.5. The standard InChI is InChI=1S/C13H15ClO3/c1-9(2)8-17-13-10(6-7-12(15)16)4-3-5-11(13)14/h3-7,9H,8H2,1-2H3,(H,15,16)/b7-6+. The zero-order chi connectivity index (χ0) is 12.8. The Kier molecular flexibility index (Phi) is 5.04. The molecule has 4 heteroatoms. The molecule has 3 nitrogen and oxygen atoms in total. The van der Waals surface area contributed by atoms with Crippen LogP contribution in [0, 0.1) is 5.92 Å². The van der Waals surface area contributed by atoms with Gasteiger partial charge in [-0.3, -0.25) is 0 Å². The average molecular weight is 255 g/mol. The number of para-hydroxylation sites is 1. The van der Waals surface area contributed by atoms with Crippen molar-refractivity contribution in [3.63, 3.8) is 0 Å². The Morgan fingerprint density at radius 2 is 2.24 bits per heavy atom. The van der Waals surface area contributed by atoms with Gasteiger partial charge in [-0.25, -0.2) is 4.79 Å². The summed E-state index contributed by atoms with van der Waals surface area (Å²) in [5.41, 5.74) is 0.667. The van der Waals surface area contributed by atoms with Crippen molar-refractivity contribution >= 4 is 23.6 Å². The Bertz CT molecular complexity index is 425. The van der Waals surface area contributed by atoms with E-state index in [1.54, 1.807) is 18.2 Å². The second-order valence-corrected chi connectivity index (χ2v) is 4.44. The van der Waals surface area contributed by atoms with E-state index in [1.165, 1.54) is 6.08 Å². The average Bonchev–Trinajstić information content (AvgIpc) is 2.24. The van der Waals surface area contributed by atoms with Crippen molar-refractivity contribution in [1.29, 1.82) is 0 Å². The van der Waals surface area contributed by atoms with Gasteiger partial charge in [0.2, 0.25) is 0 Å². The molecule has 1 aromatic rings. The lowest BCUT2D eigenvalue weighted by atomic mass is 10.2. The van der Waals surface area contributed by atoms with Crippen LogP contribution in [0.1, 0.15) is 19.4 Å². The second kappa shape index (κ2) is 6.30. The Morgan fingerprint density at radius 1 is 1.53 bits per heavy atom. The van der Waals surface area contributed by atoms with Gasteiger partial charge in [0.05, 0.1) is 11.6 Å². The van der Waals surface area contributed by atoms with Gasteiger partial charge in [0.25, 0.3) is 0 Å². The maximum atomic E-state index is 10.5. The molecule has 0 atom stereocenters. The summed E-state index contributed by atoms with van der Waals surface area (Å²) in [6.45, 7) is 4.60. The number of rotatable bonds is 5. The molecule has 0 amide bonds. The summed E-state index contributed by atoms with van der Waals surface area (Å²) in [6.07, 6.45) is 2.54. The van der Waals surface area contributed by atoms with Gasteiger partial charge < -0.3 is 9.84 Å². The topological polar surface area (TPSA) is 46.5 Å². The number of carboxylic acid groups (broad SMARTS) is 1. The zero-order valence-corrected chi connectivity index (χ0v) is 10.6. The number of halogens is 1. The second-order valence-electron chi connectivity index (χ2n) is 4.03. The van der Waals surface area contributed by atoms with Crippen molar-refractivity contribution in [2.24, 2.45) is 5.92 Å². The van der Waals surface area contributed by atoms with Crippen LogP contribution in [0.3, 0.4) is 0 Å². The highest BCUT2D eigenvalue weighted by atomic mass is 35.5. The lowest BCUT2D eigenvalue weighted by Gasteiger charge is -2.12. The third-order valence-corrected chi connectivity index (χ3v) is 2.26. The van der Waals surface area contributed by atoms with Crippen molar-refractivity contribution in [3.05, 3.63) is 34.9 Å². The number of carbonyl (C=O) groups is 1. The molecule has 0 unspecified atom stereocenters. The fraction of sp³-hybridized carbons (Fsp3) is 0.308. The number of carboxylic acids is 1. The molecule has 0 radical (unpaired) electrons. The number of hydrogen-bond acceptors (Lipinski definition) is 2. The molecule has 1 rings (SSSR count). The van der Waals surface area contributed by atoms with Crippen molar-refractivity contribution in [2.75, 3.05) is 6.61 Å². The highest BCUT2D eigenvalue weighted by molar-refractivity contribution is 6.32. The number of ether oxygens (including phenoxy) is 1. The molecule has 0 heterocycles. The molecule has 1 N–H and O–H groups in total. The van der Waals surface area contributed by atoms with E-state index in [0.717, 1.165) is 6.08 Å². The van der Waals surface area contributed by atoms with E-state index < -0.39 is 5.97 Å². The van der Waals surface area contributed by atoms with E-state index in [4.69, 9.17) is 21.4 Å². The summed E-state index contributed by atoms with van der Waals surface area (Å²) in [4.78, 5) is 10.5. The van der Waals surface area contributed by atoms with Gasteiger partial charge in [-0.1, -0.05) is 37.6 Å². The van der Waals surface area contributed by atoms with Crippen LogP contribution >= 0.6 is 11.6 Å². The molecule has 0 aliphatic rings. The summed E-state index contributed by atoms with van der Waals surface area (Å²) in [6, 6.07) is 5.24. The minimum absolute atomic E-state index is 0.377. The van der Waals surface area contributed by atoms with Crippen LogP contribution in [0.25, 0.3) is 6.08 Å². The molecule has 0 fully saturated rings. The highest BCUT2D eigenvalue weighted by Gasteiger charge is 2.07. The van der Waals surface area contributed by atoms with Crippen LogP contribution in [0.15, 0.2) is 24.3 Å². The molecule has 0 saturated carbocycles. The summed E-state index contributed by atoms with van der Waals surface area (Å²) in [7, 11) is 0. The Balaban J connectivity index is 2.95. The van der Waals surface area contributed by atoms with E-state index in [1.807, 2.05) is 13.8 Å². The molecular formula is C13H15ClO3. The van der Waals surface area contributed by atoms with Gasteiger partial charge in [0.15, 0.2) is 0 Å². The van der Waals surface area contributed by atoms with Crippen LogP contribution in [0.4, 0.5) is 0 Å². The lowest BCUT2D eigenvalue weighted by Crippen LogP contribution is -2.05. The first kappa shape index (κ1) is 13.6. The van der Waals surface area contributed by atoms with Crippen molar-refractivity contribution in [3.8, 4) is 5.75 Å². The Morgan fingerprint density at radius 3 is 2.82 bits per heavy atom. The predicted molar refractivity (Wildman–Crippen MR) is 68.5 cm³/mol. The van der Waals surface area contributed by atoms with Gasteiger partial charge >= 0.3 is 5.97 Å². The molecule has 0 aliphatic carbocycles. The SMILES string of the molecule is CC(C)COc1c(Cl)cccc1/C=C/C(=O)O. The number of hydrogen-bond donors (Lipinski definition) is 1. The molecule has 17 heavy (non-hydrogen) atoms. The van der Waals surface area contributed by atoms with Crippen LogP contribution in [-0.4, -0.2) is 17.7 Å². The molecule has 0 aromatic heterocycles. The number of benzene rings is 1. The largest absolute Gasteiger partial charge is 0.491 e. The van der Waals surface area contributed by atoms with Gasteiger partial charge in [-0.15, -0.1) is 0 Å². The van der Waals surface area contributed by atoms with E-state index in [2.05, 4.69) is 0 Å². The lowest BCUT2D eigenvalue weighted by molar-refractivity contribution is -0.131. The third-order valence-electron chi connectivity index (χ3n) is 1.96. The summed E-state index contributed by atoms with van der Waals surface area (Å²) in [5, 5.41) is 9.08. The minimum Gasteiger partial charge on any atom is -0.491 e. The quantitative estimate of drug-likeness (QED) is 0.819. The monoisotopic (exact) mass is 254 g/mol. The predicted octanol–water partition coefficient (Wildman–Crippen LogP) is 3.47. The molecular weight excluding hydrogens is 240 g/mol. The molecule has 1 aromatic carbocycles. The molecule has 0 bridgehead atoms. The van der Waals surface area contributed by atoms with Gasteiger partial charge in [-0.05, 0) is 18.1 Å². The smallest absolute Gasteiger partial charge is 0.328 e. The molecule has 0 spiro atoms. The normalized spacial score (nSPS) is 11.1. The van der Waals surface area contributed by atoms with E-state index in [9.17, 15) is 4.79 Å². The van der Waals surface area contributed by atoms with E-state index >= 15 is 0 Å². The fourth-order valence-electron chi connectivity index (χ4n) is 1.22. The van der Waals surface area contributed by atoms with Crippen molar-refractivity contribution < 1.29 is 14.6 Å². The highest BCUT2D eigenvalue weighted by Crippen LogP contribution is 2.30. The van der Waals surface area contributed by atoms with Gasteiger partial charge in [-0.2, -0.15) is 0 Å². The summed E-state index contributed by atoms with van der Waals surface area (Å²) < 4.78 is 5.59. The third kappa shape index (κ3) is 4.49. The molecule has 0 saturated heterocycles. The number of aliphatic carboxylic acids is 1. The summed E-state index contributed by atoms with van der Waals surface area (Å²) in [5.74, 6) is -0.0947.